The number of hydrogen-bond acceptors (Lipinski definition) is 6. The van der Waals surface area contributed by atoms with Gasteiger partial charge in [-0.25, -0.2) is 4.79 Å². The maximum atomic E-state index is 12.4. The second kappa shape index (κ2) is 11.6. The zero-order chi connectivity index (χ0) is 21.2. The average Bonchev–Trinajstić information content (AvgIpc) is 2.59. The van der Waals surface area contributed by atoms with Gasteiger partial charge in [-0.3, -0.25) is 9.59 Å². The highest BCUT2D eigenvalue weighted by Gasteiger charge is 2.38. The summed E-state index contributed by atoms with van der Waals surface area (Å²) in [5, 5.41) is 2.56. The van der Waals surface area contributed by atoms with Gasteiger partial charge in [0.15, 0.2) is 5.92 Å². The Morgan fingerprint density at radius 1 is 1.00 bits per heavy atom. The van der Waals surface area contributed by atoms with Crippen molar-refractivity contribution < 1.29 is 28.6 Å². The third-order valence-electron chi connectivity index (χ3n) is 4.13. The molecule has 1 unspecified atom stereocenters. The van der Waals surface area contributed by atoms with Gasteiger partial charge in [-0.2, -0.15) is 0 Å². The van der Waals surface area contributed by atoms with E-state index in [1.54, 1.807) is 34.6 Å². The molecule has 0 aliphatic heterocycles. The first-order valence-electron chi connectivity index (χ1n) is 10.0. The maximum Gasteiger partial charge on any atom is 0.408 e. The number of rotatable bonds is 6. The van der Waals surface area contributed by atoms with Crippen LogP contribution in [0.15, 0.2) is 0 Å². The molecule has 1 aliphatic carbocycles. The first kappa shape index (κ1) is 23.8. The fourth-order valence-corrected chi connectivity index (χ4v) is 2.92. The van der Waals surface area contributed by atoms with E-state index in [-0.39, 0.29) is 19.1 Å². The third kappa shape index (κ3) is 8.64. The smallest absolute Gasteiger partial charge is 0.408 e. The van der Waals surface area contributed by atoms with Crippen molar-refractivity contribution in [1.82, 2.24) is 5.32 Å². The topological polar surface area (TPSA) is 90.9 Å². The van der Waals surface area contributed by atoms with E-state index in [9.17, 15) is 14.4 Å². The molecular weight excluding hydrogens is 362 g/mol. The van der Waals surface area contributed by atoms with Gasteiger partial charge in [0.1, 0.15) is 11.6 Å². The number of alkyl carbamates (subject to hydrolysis) is 1. The van der Waals surface area contributed by atoms with E-state index >= 15 is 0 Å². The van der Waals surface area contributed by atoms with Crippen molar-refractivity contribution in [1.29, 1.82) is 0 Å². The number of nitrogens with one attached hydrogen (secondary N) is 1. The first-order chi connectivity index (χ1) is 13.2. The monoisotopic (exact) mass is 395 g/mol. The molecule has 0 spiro atoms. The molecule has 0 aromatic rings. The Morgan fingerprint density at radius 3 is 2.00 bits per heavy atom. The van der Waals surface area contributed by atoms with Crippen molar-refractivity contribution in [3.63, 3.8) is 0 Å². The van der Waals surface area contributed by atoms with Gasteiger partial charge in [-0.1, -0.05) is 31.1 Å². The minimum Gasteiger partial charge on any atom is -0.465 e. The fourth-order valence-electron chi connectivity index (χ4n) is 2.92. The number of carbonyl (C=O) groups excluding carboxylic acids is 3. The Kier molecular flexibility index (Phi) is 9.84. The van der Waals surface area contributed by atoms with E-state index in [1.165, 1.54) is 6.42 Å². The van der Waals surface area contributed by atoms with Crippen LogP contribution in [0.2, 0.25) is 0 Å². The van der Waals surface area contributed by atoms with E-state index in [2.05, 4.69) is 17.2 Å². The van der Waals surface area contributed by atoms with Crippen LogP contribution in [0, 0.1) is 23.7 Å². The molecule has 0 heterocycles. The van der Waals surface area contributed by atoms with Crippen molar-refractivity contribution in [3.8, 4) is 11.8 Å². The lowest BCUT2D eigenvalue weighted by atomic mass is 9.89. The van der Waals surface area contributed by atoms with Crippen LogP contribution in [0.4, 0.5) is 4.79 Å². The molecule has 1 N–H and O–H groups in total. The highest BCUT2D eigenvalue weighted by Crippen LogP contribution is 2.23. The van der Waals surface area contributed by atoms with E-state index in [0.717, 1.165) is 25.7 Å². The molecule has 1 fully saturated rings. The van der Waals surface area contributed by atoms with E-state index < -0.39 is 35.6 Å². The lowest BCUT2D eigenvalue weighted by Gasteiger charge is -2.25. The SMILES string of the molecule is CCOC(=O)C(C(=O)OCC)C(C#CC1CCCCC1)NC(=O)OC(C)(C)C. The third-order valence-corrected chi connectivity index (χ3v) is 4.13. The lowest BCUT2D eigenvalue weighted by molar-refractivity contribution is -0.162. The van der Waals surface area contributed by atoms with Gasteiger partial charge in [0.05, 0.1) is 13.2 Å². The molecule has 0 aromatic heterocycles. The van der Waals surface area contributed by atoms with Gasteiger partial charge in [0, 0.05) is 5.92 Å². The molecule has 7 heteroatoms. The second-order valence-corrected chi connectivity index (χ2v) is 7.73. The summed E-state index contributed by atoms with van der Waals surface area (Å²) in [5.41, 5.74) is -0.727. The van der Waals surface area contributed by atoms with Crippen molar-refractivity contribution in [3.05, 3.63) is 0 Å². The second-order valence-electron chi connectivity index (χ2n) is 7.73. The summed E-state index contributed by atoms with van der Waals surface area (Å²) in [4.78, 5) is 37.2. The Bertz CT molecular complexity index is 574. The number of ether oxygens (including phenoxy) is 3. The highest BCUT2D eigenvalue weighted by molar-refractivity contribution is 5.97. The van der Waals surface area contributed by atoms with Crippen LogP contribution in [0.1, 0.15) is 66.7 Å². The predicted molar refractivity (Wildman–Crippen MR) is 104 cm³/mol. The normalized spacial score (nSPS) is 15.8. The Hall–Kier alpha value is -2.23. The standard InChI is InChI=1S/C21H33NO6/c1-6-26-18(23)17(19(24)27-7-2)16(22-20(25)28-21(3,4)5)14-13-15-11-9-8-10-12-15/h15-17H,6-12H2,1-5H3,(H,22,25). The predicted octanol–water partition coefficient (Wildman–Crippen LogP) is 3.21. The largest absolute Gasteiger partial charge is 0.465 e. The van der Waals surface area contributed by atoms with Crippen molar-refractivity contribution in [2.24, 2.45) is 11.8 Å². The van der Waals surface area contributed by atoms with Crippen LogP contribution >= 0.6 is 0 Å². The summed E-state index contributed by atoms with van der Waals surface area (Å²) in [7, 11) is 0. The van der Waals surface area contributed by atoms with Crippen molar-refractivity contribution >= 4 is 18.0 Å². The maximum absolute atomic E-state index is 12.4. The Labute approximate surface area is 167 Å². The van der Waals surface area contributed by atoms with E-state index in [1.807, 2.05) is 0 Å². The van der Waals surface area contributed by atoms with Crippen LogP contribution in [-0.2, 0) is 23.8 Å². The number of hydrogen-bond donors (Lipinski definition) is 1. The molecule has 0 radical (unpaired) electrons. The molecule has 1 atom stereocenters. The van der Waals surface area contributed by atoms with Crippen LogP contribution in [0.5, 0.6) is 0 Å². The van der Waals surface area contributed by atoms with Gasteiger partial charge in [-0.15, -0.1) is 0 Å². The van der Waals surface area contributed by atoms with Gasteiger partial charge in [0.25, 0.3) is 0 Å². The van der Waals surface area contributed by atoms with E-state index in [4.69, 9.17) is 14.2 Å². The van der Waals surface area contributed by atoms with E-state index in [0.29, 0.717) is 0 Å². The lowest BCUT2D eigenvalue weighted by Crippen LogP contribution is -2.48. The summed E-state index contributed by atoms with van der Waals surface area (Å²) < 4.78 is 15.3. The summed E-state index contributed by atoms with van der Waals surface area (Å²) in [6, 6.07) is -1.09. The van der Waals surface area contributed by atoms with Crippen LogP contribution in [0.3, 0.4) is 0 Å². The molecule has 7 nitrogen and oxygen atoms in total. The van der Waals surface area contributed by atoms with Crippen LogP contribution < -0.4 is 5.32 Å². The zero-order valence-electron chi connectivity index (χ0n) is 17.6. The summed E-state index contributed by atoms with van der Waals surface area (Å²) >= 11 is 0. The molecule has 28 heavy (non-hydrogen) atoms. The molecule has 1 amide bonds. The highest BCUT2D eigenvalue weighted by atomic mass is 16.6. The summed E-state index contributed by atoms with van der Waals surface area (Å²) in [6.45, 7) is 8.67. The number of carbonyl (C=O) groups is 3. The fraction of sp³-hybridized carbons (Fsp3) is 0.762. The molecule has 0 bridgehead atoms. The summed E-state index contributed by atoms with van der Waals surface area (Å²) in [5.74, 6) is 3.30. The van der Waals surface area contributed by atoms with Gasteiger partial charge in [-0.05, 0) is 47.5 Å². The van der Waals surface area contributed by atoms with Crippen molar-refractivity contribution in [2.45, 2.75) is 78.4 Å². The average molecular weight is 395 g/mol. The number of amides is 1. The van der Waals surface area contributed by atoms with Gasteiger partial charge < -0.3 is 19.5 Å². The molecule has 0 saturated heterocycles. The van der Waals surface area contributed by atoms with Crippen LogP contribution in [-0.4, -0.2) is 42.9 Å². The van der Waals surface area contributed by atoms with Gasteiger partial charge >= 0.3 is 18.0 Å². The zero-order valence-corrected chi connectivity index (χ0v) is 17.6. The molecule has 1 saturated carbocycles. The Morgan fingerprint density at radius 2 is 1.54 bits per heavy atom. The molecular formula is C21H33NO6. The molecule has 158 valence electrons. The Balaban J connectivity index is 3.11. The van der Waals surface area contributed by atoms with Gasteiger partial charge in [0.2, 0.25) is 0 Å². The minimum absolute atomic E-state index is 0.101. The van der Waals surface area contributed by atoms with Crippen LogP contribution in [0.25, 0.3) is 0 Å². The number of esters is 2. The quantitative estimate of drug-likeness (QED) is 0.321. The summed E-state index contributed by atoms with van der Waals surface area (Å²) in [6.07, 6.45) is 4.57. The first-order valence-corrected chi connectivity index (χ1v) is 10.0. The minimum atomic E-state index is -1.37. The van der Waals surface area contributed by atoms with Crippen molar-refractivity contribution in [2.75, 3.05) is 13.2 Å². The molecule has 1 aliphatic rings. The molecule has 1 rings (SSSR count). The molecule has 0 aromatic carbocycles.